The molecule has 4 nitrogen and oxygen atoms in total. The first-order valence-corrected chi connectivity index (χ1v) is 5.48. The van der Waals surface area contributed by atoms with Crippen LogP contribution < -0.4 is 0 Å². The van der Waals surface area contributed by atoms with Crippen molar-refractivity contribution in [3.8, 4) is 0 Å². The van der Waals surface area contributed by atoms with E-state index in [9.17, 15) is 4.79 Å². The molecule has 17 heavy (non-hydrogen) atoms. The van der Waals surface area contributed by atoms with E-state index < -0.39 is 11.6 Å². The molecule has 90 valence electrons. The highest BCUT2D eigenvalue weighted by atomic mass is 16.7. The third kappa shape index (κ3) is 2.02. The number of benzene rings is 1. The van der Waals surface area contributed by atoms with Crippen LogP contribution in [0.1, 0.15) is 30.0 Å². The van der Waals surface area contributed by atoms with Gasteiger partial charge in [-0.1, -0.05) is 17.3 Å². The number of aliphatic carboxylic acids is 1. The zero-order chi connectivity index (χ0) is 12.6. The van der Waals surface area contributed by atoms with Crippen molar-refractivity contribution in [1.29, 1.82) is 0 Å². The number of rotatable bonds is 2. The summed E-state index contributed by atoms with van der Waals surface area (Å²) in [5.41, 5.74) is 2.76. The van der Waals surface area contributed by atoms with Crippen LogP contribution in [0.5, 0.6) is 0 Å². The molecule has 1 unspecified atom stereocenters. The number of oxime groups is 1. The van der Waals surface area contributed by atoms with Crippen molar-refractivity contribution < 1.29 is 14.7 Å². The van der Waals surface area contributed by atoms with Gasteiger partial charge in [0.05, 0.1) is 5.71 Å². The molecule has 0 aliphatic carbocycles. The molecular weight excluding hydrogens is 218 g/mol. The molecule has 1 aromatic carbocycles. The van der Waals surface area contributed by atoms with Gasteiger partial charge in [0, 0.05) is 6.42 Å². The molecule has 0 amide bonds. The Morgan fingerprint density at radius 2 is 2.12 bits per heavy atom. The topological polar surface area (TPSA) is 58.9 Å². The summed E-state index contributed by atoms with van der Waals surface area (Å²) < 4.78 is 0. The first-order valence-electron chi connectivity index (χ1n) is 5.48. The lowest BCUT2D eigenvalue weighted by Crippen LogP contribution is -2.35. The quantitative estimate of drug-likeness (QED) is 0.852. The highest BCUT2D eigenvalue weighted by molar-refractivity contribution is 6.04. The predicted octanol–water partition coefficient (Wildman–Crippen LogP) is 2.27. The molecule has 1 heterocycles. The Bertz CT molecular complexity index is 507. The molecule has 1 atom stereocenters. The lowest BCUT2D eigenvalue weighted by molar-refractivity contribution is -0.160. The summed E-state index contributed by atoms with van der Waals surface area (Å²) in [7, 11) is 0. The minimum absolute atomic E-state index is 0.296. The smallest absolute Gasteiger partial charge is 0.351 e. The second-order valence-corrected chi connectivity index (χ2v) is 4.64. The molecule has 0 fully saturated rings. The van der Waals surface area contributed by atoms with Gasteiger partial charge in [-0.25, -0.2) is 4.79 Å². The number of carboxylic acid groups (broad SMARTS) is 1. The number of carboxylic acids is 1. The van der Waals surface area contributed by atoms with Crippen LogP contribution in [0.4, 0.5) is 0 Å². The van der Waals surface area contributed by atoms with Gasteiger partial charge in [0.25, 0.3) is 0 Å². The van der Waals surface area contributed by atoms with Crippen molar-refractivity contribution in [1.82, 2.24) is 0 Å². The Balaban J connectivity index is 2.26. The first kappa shape index (κ1) is 11.6. The Morgan fingerprint density at radius 3 is 2.65 bits per heavy atom. The normalized spacial score (nSPS) is 23.1. The van der Waals surface area contributed by atoms with Crippen LogP contribution in [0.15, 0.2) is 23.4 Å². The van der Waals surface area contributed by atoms with Crippen LogP contribution in [0.2, 0.25) is 0 Å². The van der Waals surface area contributed by atoms with E-state index in [2.05, 4.69) is 5.16 Å². The molecule has 1 aliphatic heterocycles. The van der Waals surface area contributed by atoms with Crippen LogP contribution >= 0.6 is 0 Å². The summed E-state index contributed by atoms with van der Waals surface area (Å²) in [6.07, 6.45) is 0.296. The van der Waals surface area contributed by atoms with E-state index in [4.69, 9.17) is 9.94 Å². The van der Waals surface area contributed by atoms with Crippen LogP contribution in [0.3, 0.4) is 0 Å². The molecule has 0 spiro atoms. The van der Waals surface area contributed by atoms with E-state index in [-0.39, 0.29) is 0 Å². The SMILES string of the molecule is Cc1ccc(C2=NOC(C)(C(=O)O)C2)cc1C. The van der Waals surface area contributed by atoms with Crippen molar-refractivity contribution in [2.45, 2.75) is 32.8 Å². The third-order valence-electron chi connectivity index (χ3n) is 3.15. The Kier molecular flexibility index (Phi) is 2.65. The summed E-state index contributed by atoms with van der Waals surface area (Å²) in [4.78, 5) is 16.1. The Hall–Kier alpha value is -1.84. The van der Waals surface area contributed by atoms with Crippen molar-refractivity contribution in [3.63, 3.8) is 0 Å². The summed E-state index contributed by atoms with van der Waals surface area (Å²) in [6.45, 7) is 5.59. The molecule has 4 heteroatoms. The van der Waals surface area contributed by atoms with E-state index in [1.807, 2.05) is 32.0 Å². The summed E-state index contributed by atoms with van der Waals surface area (Å²) in [5, 5.41) is 12.9. The number of hydrogen-bond donors (Lipinski definition) is 1. The van der Waals surface area contributed by atoms with Gasteiger partial charge in [0.1, 0.15) is 0 Å². The molecule has 1 aliphatic rings. The maximum absolute atomic E-state index is 11.0. The molecule has 1 N–H and O–H groups in total. The summed E-state index contributed by atoms with van der Waals surface area (Å²) in [5.74, 6) is -0.986. The van der Waals surface area contributed by atoms with E-state index in [0.717, 1.165) is 11.1 Å². The van der Waals surface area contributed by atoms with Crippen LogP contribution in [-0.4, -0.2) is 22.4 Å². The number of carbonyl (C=O) groups is 1. The minimum Gasteiger partial charge on any atom is -0.478 e. The maximum atomic E-state index is 11.0. The molecule has 0 saturated carbocycles. The van der Waals surface area contributed by atoms with Gasteiger partial charge in [-0.05, 0) is 43.5 Å². The van der Waals surface area contributed by atoms with Crippen molar-refractivity contribution in [2.24, 2.45) is 5.16 Å². The Labute approximate surface area is 99.9 Å². The van der Waals surface area contributed by atoms with Crippen molar-refractivity contribution in [2.75, 3.05) is 0 Å². The Morgan fingerprint density at radius 1 is 1.41 bits per heavy atom. The molecule has 0 bridgehead atoms. The average molecular weight is 233 g/mol. The summed E-state index contributed by atoms with van der Waals surface area (Å²) >= 11 is 0. The maximum Gasteiger partial charge on any atom is 0.351 e. The van der Waals surface area contributed by atoms with Crippen LogP contribution in [-0.2, 0) is 9.63 Å². The van der Waals surface area contributed by atoms with Crippen LogP contribution in [0.25, 0.3) is 0 Å². The molecule has 0 radical (unpaired) electrons. The van der Waals surface area contributed by atoms with Gasteiger partial charge < -0.3 is 9.94 Å². The number of aryl methyl sites for hydroxylation is 2. The lowest BCUT2D eigenvalue weighted by atomic mass is 9.94. The average Bonchev–Trinajstić information content (AvgIpc) is 2.67. The molecule has 0 saturated heterocycles. The monoisotopic (exact) mass is 233 g/mol. The van der Waals surface area contributed by atoms with E-state index in [1.54, 1.807) is 0 Å². The fraction of sp³-hybridized carbons (Fsp3) is 0.385. The minimum atomic E-state index is -1.23. The number of hydrogen-bond acceptors (Lipinski definition) is 3. The van der Waals surface area contributed by atoms with E-state index in [1.165, 1.54) is 12.5 Å². The van der Waals surface area contributed by atoms with Gasteiger partial charge in [-0.2, -0.15) is 0 Å². The fourth-order valence-electron chi connectivity index (χ4n) is 1.73. The lowest BCUT2D eigenvalue weighted by Gasteiger charge is -2.14. The largest absolute Gasteiger partial charge is 0.478 e. The molecule has 2 rings (SSSR count). The summed E-state index contributed by atoms with van der Waals surface area (Å²) in [6, 6.07) is 5.95. The second kappa shape index (κ2) is 3.87. The second-order valence-electron chi connectivity index (χ2n) is 4.64. The van der Waals surface area contributed by atoms with Gasteiger partial charge >= 0.3 is 5.97 Å². The van der Waals surface area contributed by atoms with Gasteiger partial charge in [0.15, 0.2) is 0 Å². The first-order chi connectivity index (χ1) is 7.92. The molecule has 1 aromatic rings. The van der Waals surface area contributed by atoms with Gasteiger partial charge in [-0.3, -0.25) is 0 Å². The van der Waals surface area contributed by atoms with Crippen molar-refractivity contribution in [3.05, 3.63) is 34.9 Å². The zero-order valence-corrected chi connectivity index (χ0v) is 10.2. The van der Waals surface area contributed by atoms with E-state index >= 15 is 0 Å². The zero-order valence-electron chi connectivity index (χ0n) is 10.2. The third-order valence-corrected chi connectivity index (χ3v) is 3.15. The van der Waals surface area contributed by atoms with Crippen molar-refractivity contribution >= 4 is 11.7 Å². The highest BCUT2D eigenvalue weighted by Gasteiger charge is 2.42. The standard InChI is InChI=1S/C13H15NO3/c1-8-4-5-10(6-9(8)2)11-7-13(3,12(15)16)17-14-11/h4-6H,7H2,1-3H3,(H,15,16). The van der Waals surface area contributed by atoms with E-state index in [0.29, 0.717) is 12.1 Å². The fourth-order valence-corrected chi connectivity index (χ4v) is 1.73. The number of nitrogens with zero attached hydrogens (tertiary/aromatic N) is 1. The molecule has 0 aromatic heterocycles. The van der Waals surface area contributed by atoms with Crippen LogP contribution in [0, 0.1) is 13.8 Å². The van der Waals surface area contributed by atoms with Gasteiger partial charge in [0.2, 0.25) is 5.60 Å². The molecular formula is C13H15NO3. The highest BCUT2D eigenvalue weighted by Crippen LogP contribution is 2.27. The predicted molar refractivity (Wildman–Crippen MR) is 64.2 cm³/mol. The van der Waals surface area contributed by atoms with Gasteiger partial charge in [-0.15, -0.1) is 0 Å².